The average molecular weight is 345 g/mol. The van der Waals surface area contributed by atoms with Crippen molar-refractivity contribution in [3.63, 3.8) is 0 Å². The number of aliphatic carboxylic acids is 1. The van der Waals surface area contributed by atoms with Crippen LogP contribution in [-0.2, 0) is 20.5 Å². The summed E-state index contributed by atoms with van der Waals surface area (Å²) in [6, 6.07) is 3.74. The summed E-state index contributed by atoms with van der Waals surface area (Å²) in [5.41, 5.74) is -2.38. The number of esters is 1. The molecule has 5 nitrogen and oxygen atoms in total. The van der Waals surface area contributed by atoms with Crippen molar-refractivity contribution < 1.29 is 32.6 Å². The van der Waals surface area contributed by atoms with E-state index in [9.17, 15) is 27.9 Å². The fourth-order valence-electron chi connectivity index (χ4n) is 3.37. The zero-order valence-electron chi connectivity index (χ0n) is 13.4. The molecule has 0 bridgehead atoms. The van der Waals surface area contributed by atoms with Gasteiger partial charge in [0.25, 0.3) is 0 Å². The van der Waals surface area contributed by atoms with E-state index in [1.54, 1.807) is 0 Å². The molecule has 1 aromatic carbocycles. The third-order valence-corrected chi connectivity index (χ3v) is 4.72. The molecule has 2 rings (SSSR count). The lowest BCUT2D eigenvalue weighted by atomic mass is 9.88. The van der Waals surface area contributed by atoms with Gasteiger partial charge in [-0.1, -0.05) is 18.2 Å². The van der Waals surface area contributed by atoms with Gasteiger partial charge in [-0.05, 0) is 32.0 Å². The van der Waals surface area contributed by atoms with E-state index in [4.69, 9.17) is 4.74 Å². The number of halogens is 3. The molecule has 1 aromatic rings. The standard InChI is InChI=1S/C16H18F3NO4/c1-15(14(23)24-3)8-10(13(21)22)12(20(15)2)9-6-4-5-7-11(9)16(17,18)19/h4-7,10,12H,8H2,1-3H3,(H,21,22). The highest BCUT2D eigenvalue weighted by molar-refractivity contribution is 5.83. The number of rotatable bonds is 3. The van der Waals surface area contributed by atoms with Gasteiger partial charge in [-0.25, -0.2) is 0 Å². The van der Waals surface area contributed by atoms with Crippen LogP contribution < -0.4 is 0 Å². The van der Waals surface area contributed by atoms with Crippen LogP contribution in [0.1, 0.15) is 30.5 Å². The predicted molar refractivity (Wildman–Crippen MR) is 78.1 cm³/mol. The summed E-state index contributed by atoms with van der Waals surface area (Å²) in [5, 5.41) is 9.48. The Labute approximate surface area is 137 Å². The molecule has 1 aliphatic heterocycles. The number of carbonyl (C=O) groups excluding carboxylic acids is 1. The van der Waals surface area contributed by atoms with Gasteiger partial charge in [0.1, 0.15) is 5.54 Å². The van der Waals surface area contributed by atoms with Crippen molar-refractivity contribution in [1.82, 2.24) is 4.90 Å². The van der Waals surface area contributed by atoms with Gasteiger partial charge in [0.05, 0.1) is 18.6 Å². The zero-order valence-corrected chi connectivity index (χ0v) is 13.4. The molecule has 8 heteroatoms. The Morgan fingerprint density at radius 2 is 1.92 bits per heavy atom. The lowest BCUT2D eigenvalue weighted by Crippen LogP contribution is -2.47. The Bertz CT molecular complexity index is 661. The molecule has 1 N–H and O–H groups in total. The van der Waals surface area contributed by atoms with Crippen molar-refractivity contribution >= 4 is 11.9 Å². The van der Waals surface area contributed by atoms with Gasteiger partial charge in [0.15, 0.2) is 0 Å². The molecule has 0 amide bonds. The molecule has 1 saturated heterocycles. The Kier molecular flexibility index (Phi) is 4.63. The van der Waals surface area contributed by atoms with Gasteiger partial charge >= 0.3 is 18.1 Å². The number of carboxylic acids is 1. The first-order valence-corrected chi connectivity index (χ1v) is 7.24. The Hall–Kier alpha value is -2.09. The van der Waals surface area contributed by atoms with E-state index in [-0.39, 0.29) is 12.0 Å². The first kappa shape index (κ1) is 18.3. The summed E-state index contributed by atoms with van der Waals surface area (Å²) in [7, 11) is 2.60. The second kappa shape index (κ2) is 6.08. The average Bonchev–Trinajstić information content (AvgIpc) is 2.79. The van der Waals surface area contributed by atoms with Gasteiger partial charge in [-0.15, -0.1) is 0 Å². The van der Waals surface area contributed by atoms with E-state index in [0.29, 0.717) is 0 Å². The minimum absolute atomic E-state index is 0.137. The number of carbonyl (C=O) groups is 2. The van der Waals surface area contributed by atoms with Crippen LogP contribution >= 0.6 is 0 Å². The fraction of sp³-hybridized carbons (Fsp3) is 0.500. The SMILES string of the molecule is COC(=O)C1(C)CC(C(=O)O)C(c2ccccc2C(F)(F)F)N1C. The van der Waals surface area contributed by atoms with Crippen LogP contribution in [0, 0.1) is 5.92 Å². The van der Waals surface area contributed by atoms with Crippen LogP contribution in [0.25, 0.3) is 0 Å². The molecule has 0 aliphatic carbocycles. The summed E-state index contributed by atoms with van der Waals surface area (Å²) in [4.78, 5) is 25.1. The van der Waals surface area contributed by atoms with Crippen molar-refractivity contribution in [2.75, 3.05) is 14.2 Å². The number of nitrogens with zero attached hydrogens (tertiary/aromatic N) is 1. The van der Waals surface area contributed by atoms with Crippen LogP contribution in [-0.4, -0.2) is 41.6 Å². The predicted octanol–water partition coefficient (Wildman–Crippen LogP) is 2.71. The van der Waals surface area contributed by atoms with Crippen LogP contribution in [0.2, 0.25) is 0 Å². The molecule has 1 aliphatic rings. The second-order valence-corrected chi connectivity index (χ2v) is 6.06. The molecule has 1 heterocycles. The molecule has 132 valence electrons. The highest BCUT2D eigenvalue weighted by Crippen LogP contribution is 2.49. The second-order valence-electron chi connectivity index (χ2n) is 6.06. The number of ether oxygens (including phenoxy) is 1. The van der Waals surface area contributed by atoms with E-state index in [2.05, 4.69) is 0 Å². The summed E-state index contributed by atoms with van der Waals surface area (Å²) < 4.78 is 44.7. The van der Waals surface area contributed by atoms with Crippen molar-refractivity contribution in [2.45, 2.75) is 31.1 Å². The molecule has 0 aromatic heterocycles. The third-order valence-electron chi connectivity index (χ3n) is 4.72. The number of alkyl halides is 3. The number of likely N-dealkylation sites (tertiary alicyclic amines) is 1. The van der Waals surface area contributed by atoms with E-state index in [1.807, 2.05) is 0 Å². The van der Waals surface area contributed by atoms with E-state index < -0.39 is 41.2 Å². The van der Waals surface area contributed by atoms with Crippen molar-refractivity contribution in [3.05, 3.63) is 35.4 Å². The van der Waals surface area contributed by atoms with E-state index in [0.717, 1.165) is 13.2 Å². The lowest BCUT2D eigenvalue weighted by molar-refractivity contribution is -0.152. The van der Waals surface area contributed by atoms with E-state index >= 15 is 0 Å². The summed E-state index contributed by atoms with van der Waals surface area (Å²) >= 11 is 0. The Balaban J connectivity index is 2.60. The van der Waals surface area contributed by atoms with Gasteiger partial charge in [0, 0.05) is 6.04 Å². The number of carboxylic acid groups (broad SMARTS) is 1. The minimum atomic E-state index is -4.62. The van der Waals surface area contributed by atoms with Gasteiger partial charge < -0.3 is 9.84 Å². The molecule has 1 fully saturated rings. The molecule has 3 unspecified atom stereocenters. The Morgan fingerprint density at radius 1 is 1.33 bits per heavy atom. The number of methoxy groups -OCH3 is 1. The van der Waals surface area contributed by atoms with Crippen LogP contribution in [0.3, 0.4) is 0 Å². The Morgan fingerprint density at radius 3 is 2.42 bits per heavy atom. The molecular formula is C16H18F3NO4. The molecular weight excluding hydrogens is 327 g/mol. The first-order chi connectivity index (χ1) is 11.0. The third kappa shape index (κ3) is 2.86. The molecule has 3 atom stereocenters. The van der Waals surface area contributed by atoms with Crippen LogP contribution in [0.5, 0.6) is 0 Å². The van der Waals surface area contributed by atoms with Gasteiger partial charge in [0.2, 0.25) is 0 Å². The summed E-state index contributed by atoms with van der Waals surface area (Å²) in [5.74, 6) is -3.10. The monoisotopic (exact) mass is 345 g/mol. The fourth-order valence-corrected chi connectivity index (χ4v) is 3.37. The van der Waals surface area contributed by atoms with Gasteiger partial charge in [-0.3, -0.25) is 14.5 Å². The number of benzene rings is 1. The van der Waals surface area contributed by atoms with Crippen molar-refractivity contribution in [1.29, 1.82) is 0 Å². The topological polar surface area (TPSA) is 66.8 Å². The normalized spacial score (nSPS) is 27.9. The highest BCUT2D eigenvalue weighted by Gasteiger charge is 2.56. The van der Waals surface area contributed by atoms with Crippen LogP contribution in [0.15, 0.2) is 24.3 Å². The van der Waals surface area contributed by atoms with E-state index in [1.165, 1.54) is 37.1 Å². The molecule has 0 spiro atoms. The first-order valence-electron chi connectivity index (χ1n) is 7.24. The van der Waals surface area contributed by atoms with Crippen molar-refractivity contribution in [3.8, 4) is 0 Å². The lowest BCUT2D eigenvalue weighted by Gasteiger charge is -2.33. The summed E-state index contributed by atoms with van der Waals surface area (Å²) in [6.45, 7) is 1.48. The maximum absolute atomic E-state index is 13.3. The zero-order chi connectivity index (χ0) is 18.3. The quantitative estimate of drug-likeness (QED) is 0.853. The highest BCUT2D eigenvalue weighted by atomic mass is 19.4. The van der Waals surface area contributed by atoms with Crippen molar-refractivity contribution in [2.24, 2.45) is 5.92 Å². The minimum Gasteiger partial charge on any atom is -0.481 e. The smallest absolute Gasteiger partial charge is 0.416 e. The maximum atomic E-state index is 13.3. The van der Waals surface area contributed by atoms with Crippen LogP contribution in [0.4, 0.5) is 13.2 Å². The largest absolute Gasteiger partial charge is 0.481 e. The molecule has 0 saturated carbocycles. The number of hydrogen-bond donors (Lipinski definition) is 1. The number of likely N-dealkylation sites (N-methyl/N-ethyl adjacent to an activating group) is 1. The number of hydrogen-bond acceptors (Lipinski definition) is 4. The maximum Gasteiger partial charge on any atom is 0.416 e. The summed E-state index contributed by atoms with van der Waals surface area (Å²) in [6.07, 6.45) is -4.76. The molecule has 24 heavy (non-hydrogen) atoms. The van der Waals surface area contributed by atoms with Gasteiger partial charge in [-0.2, -0.15) is 13.2 Å². The molecule has 0 radical (unpaired) electrons.